The second-order valence-corrected chi connectivity index (χ2v) is 4.70. The molecule has 0 nitrogen and oxygen atoms in total. The first-order chi connectivity index (χ1) is 7.95. The van der Waals surface area contributed by atoms with Crippen LogP contribution in [0.1, 0.15) is 37.2 Å². The lowest BCUT2D eigenvalue weighted by Gasteiger charge is -2.23. The molecule has 0 amide bonds. The SMILES string of the molecule is [CH]1CCCCC1c1cccc2ccccc12. The van der Waals surface area contributed by atoms with Crippen molar-refractivity contribution in [3.63, 3.8) is 0 Å². The highest BCUT2D eigenvalue weighted by Crippen LogP contribution is 2.35. The third kappa shape index (κ3) is 1.73. The van der Waals surface area contributed by atoms with Crippen LogP contribution in [0.2, 0.25) is 0 Å². The number of fused-ring (bicyclic) bond motifs is 1. The topological polar surface area (TPSA) is 0 Å². The first-order valence-corrected chi connectivity index (χ1v) is 6.26. The molecule has 0 heterocycles. The van der Waals surface area contributed by atoms with E-state index in [2.05, 4.69) is 48.9 Å². The maximum absolute atomic E-state index is 2.51. The number of hydrogen-bond acceptors (Lipinski definition) is 0. The molecule has 0 heteroatoms. The van der Waals surface area contributed by atoms with Gasteiger partial charge in [0.2, 0.25) is 0 Å². The summed E-state index contributed by atoms with van der Waals surface area (Å²) in [7, 11) is 0. The molecule has 16 heavy (non-hydrogen) atoms. The minimum Gasteiger partial charge on any atom is -0.0616 e. The number of benzene rings is 2. The largest absolute Gasteiger partial charge is 0.0616 e. The van der Waals surface area contributed by atoms with Crippen molar-refractivity contribution >= 4 is 10.8 Å². The summed E-state index contributed by atoms with van der Waals surface area (Å²) < 4.78 is 0. The minimum atomic E-state index is 0.680. The van der Waals surface area contributed by atoms with E-state index in [4.69, 9.17) is 0 Å². The molecule has 1 fully saturated rings. The Morgan fingerprint density at radius 3 is 2.62 bits per heavy atom. The van der Waals surface area contributed by atoms with Gasteiger partial charge in [-0.15, -0.1) is 0 Å². The van der Waals surface area contributed by atoms with Gasteiger partial charge in [0.25, 0.3) is 0 Å². The number of hydrogen-bond donors (Lipinski definition) is 0. The normalized spacial score (nSPS) is 17.8. The first kappa shape index (κ1) is 9.89. The Balaban J connectivity index is 2.08. The maximum Gasteiger partial charge on any atom is -0.0125 e. The Morgan fingerprint density at radius 1 is 0.875 bits per heavy atom. The van der Waals surface area contributed by atoms with E-state index < -0.39 is 0 Å². The van der Waals surface area contributed by atoms with Crippen molar-refractivity contribution < 1.29 is 0 Å². The maximum atomic E-state index is 2.51. The fourth-order valence-electron chi connectivity index (χ4n) is 2.80. The zero-order chi connectivity index (χ0) is 10.8. The van der Waals surface area contributed by atoms with Crippen LogP contribution in [-0.4, -0.2) is 0 Å². The van der Waals surface area contributed by atoms with E-state index in [0.717, 1.165) is 0 Å². The molecule has 0 spiro atoms. The highest BCUT2D eigenvalue weighted by molar-refractivity contribution is 5.86. The molecule has 1 atom stereocenters. The molecular weight excluding hydrogens is 192 g/mol. The van der Waals surface area contributed by atoms with Crippen molar-refractivity contribution in [2.24, 2.45) is 0 Å². The van der Waals surface area contributed by atoms with E-state index in [-0.39, 0.29) is 0 Å². The van der Waals surface area contributed by atoms with Gasteiger partial charge >= 0.3 is 0 Å². The minimum absolute atomic E-state index is 0.680. The van der Waals surface area contributed by atoms with Crippen LogP contribution in [0.5, 0.6) is 0 Å². The molecule has 3 rings (SSSR count). The molecule has 1 aliphatic rings. The summed E-state index contributed by atoms with van der Waals surface area (Å²) in [4.78, 5) is 0. The van der Waals surface area contributed by atoms with Crippen LogP contribution in [0.25, 0.3) is 10.8 Å². The van der Waals surface area contributed by atoms with Crippen LogP contribution < -0.4 is 0 Å². The van der Waals surface area contributed by atoms with Gasteiger partial charge in [-0.2, -0.15) is 0 Å². The Hall–Kier alpha value is -1.30. The average Bonchev–Trinajstić information content (AvgIpc) is 2.39. The van der Waals surface area contributed by atoms with E-state index in [1.54, 1.807) is 0 Å². The monoisotopic (exact) mass is 209 g/mol. The van der Waals surface area contributed by atoms with Crippen LogP contribution in [0.4, 0.5) is 0 Å². The molecule has 0 N–H and O–H groups in total. The Bertz CT molecular complexity index is 473. The molecule has 1 radical (unpaired) electrons. The lowest BCUT2D eigenvalue weighted by molar-refractivity contribution is 0.536. The fourth-order valence-corrected chi connectivity index (χ4v) is 2.80. The molecule has 0 bridgehead atoms. The van der Waals surface area contributed by atoms with Gasteiger partial charge < -0.3 is 0 Å². The summed E-state index contributed by atoms with van der Waals surface area (Å²) in [5.74, 6) is 0.680. The van der Waals surface area contributed by atoms with Crippen LogP contribution in [0, 0.1) is 6.42 Å². The van der Waals surface area contributed by atoms with E-state index in [1.165, 1.54) is 42.0 Å². The smallest absolute Gasteiger partial charge is 0.0125 e. The van der Waals surface area contributed by atoms with Crippen LogP contribution in [-0.2, 0) is 0 Å². The van der Waals surface area contributed by atoms with Crippen molar-refractivity contribution in [1.82, 2.24) is 0 Å². The standard InChI is InChI=1S/C16H17/c1-2-7-13(8-3-1)16-12-6-10-14-9-4-5-11-15(14)16/h4-7,9-13H,1-3,8H2. The molecule has 81 valence electrons. The van der Waals surface area contributed by atoms with Crippen molar-refractivity contribution in [3.05, 3.63) is 54.4 Å². The quantitative estimate of drug-likeness (QED) is 0.638. The third-order valence-electron chi connectivity index (χ3n) is 3.64. The highest BCUT2D eigenvalue weighted by atomic mass is 14.2. The molecule has 0 aromatic heterocycles. The average molecular weight is 209 g/mol. The third-order valence-corrected chi connectivity index (χ3v) is 3.64. The van der Waals surface area contributed by atoms with Gasteiger partial charge in [0.15, 0.2) is 0 Å². The summed E-state index contributed by atoms with van der Waals surface area (Å²) in [6.07, 6.45) is 7.87. The van der Waals surface area contributed by atoms with Crippen LogP contribution in [0.3, 0.4) is 0 Å². The second-order valence-electron chi connectivity index (χ2n) is 4.70. The van der Waals surface area contributed by atoms with Gasteiger partial charge in [-0.05, 0) is 41.5 Å². The first-order valence-electron chi connectivity index (χ1n) is 6.26. The van der Waals surface area contributed by atoms with Gasteiger partial charge in [-0.1, -0.05) is 55.3 Å². The van der Waals surface area contributed by atoms with E-state index in [0.29, 0.717) is 5.92 Å². The van der Waals surface area contributed by atoms with Crippen molar-refractivity contribution in [3.8, 4) is 0 Å². The molecule has 1 aliphatic carbocycles. The Labute approximate surface area is 97.3 Å². The lowest BCUT2D eigenvalue weighted by Crippen LogP contribution is -2.05. The van der Waals surface area contributed by atoms with Crippen molar-refractivity contribution in [2.75, 3.05) is 0 Å². The van der Waals surface area contributed by atoms with Gasteiger partial charge in [0.1, 0.15) is 0 Å². The molecular formula is C16H17. The summed E-state index contributed by atoms with van der Waals surface area (Å²) in [6.45, 7) is 0. The predicted octanol–water partition coefficient (Wildman–Crippen LogP) is 4.70. The highest BCUT2D eigenvalue weighted by Gasteiger charge is 2.17. The van der Waals surface area contributed by atoms with E-state index in [1.807, 2.05) is 0 Å². The fraction of sp³-hybridized carbons (Fsp3) is 0.312. The zero-order valence-electron chi connectivity index (χ0n) is 9.52. The van der Waals surface area contributed by atoms with Gasteiger partial charge in [-0.3, -0.25) is 0 Å². The van der Waals surface area contributed by atoms with Gasteiger partial charge in [0.05, 0.1) is 0 Å². The van der Waals surface area contributed by atoms with Crippen molar-refractivity contribution in [2.45, 2.75) is 31.6 Å². The summed E-state index contributed by atoms with van der Waals surface area (Å²) in [6, 6.07) is 15.4. The summed E-state index contributed by atoms with van der Waals surface area (Å²) >= 11 is 0. The Morgan fingerprint density at radius 2 is 1.75 bits per heavy atom. The van der Waals surface area contributed by atoms with Crippen LogP contribution >= 0.6 is 0 Å². The second kappa shape index (κ2) is 4.29. The van der Waals surface area contributed by atoms with Gasteiger partial charge in [-0.25, -0.2) is 0 Å². The van der Waals surface area contributed by atoms with Crippen molar-refractivity contribution in [1.29, 1.82) is 0 Å². The zero-order valence-corrected chi connectivity index (χ0v) is 9.52. The van der Waals surface area contributed by atoms with E-state index >= 15 is 0 Å². The molecule has 0 aliphatic heterocycles. The van der Waals surface area contributed by atoms with Crippen LogP contribution in [0.15, 0.2) is 42.5 Å². The summed E-state index contributed by atoms with van der Waals surface area (Å²) in [5, 5.41) is 2.81. The molecule has 0 saturated heterocycles. The molecule has 1 saturated carbocycles. The number of rotatable bonds is 1. The summed E-state index contributed by atoms with van der Waals surface area (Å²) in [5.41, 5.74) is 1.53. The Kier molecular flexibility index (Phi) is 2.65. The predicted molar refractivity (Wildman–Crippen MR) is 69.5 cm³/mol. The molecule has 2 aromatic carbocycles. The lowest BCUT2D eigenvalue weighted by atomic mass is 9.82. The van der Waals surface area contributed by atoms with E-state index in [9.17, 15) is 0 Å². The molecule has 2 aromatic rings. The van der Waals surface area contributed by atoms with Gasteiger partial charge in [0, 0.05) is 0 Å². The molecule has 1 unspecified atom stereocenters.